The Balaban J connectivity index is 1.70. The fraction of sp³-hybridized carbons (Fsp3) is 0.133. The second kappa shape index (κ2) is 5.99. The number of aryl methyl sites for hydroxylation is 1. The lowest BCUT2D eigenvalue weighted by Gasteiger charge is -2.05. The van der Waals surface area contributed by atoms with Crippen LogP contribution in [0.2, 0.25) is 0 Å². The molecule has 2 heterocycles. The van der Waals surface area contributed by atoms with E-state index in [0.29, 0.717) is 0 Å². The number of aromatic nitrogens is 1. The fourth-order valence-electron chi connectivity index (χ4n) is 1.88. The first kappa shape index (κ1) is 13.7. The van der Waals surface area contributed by atoms with Crippen molar-refractivity contribution in [2.24, 2.45) is 0 Å². The predicted molar refractivity (Wildman–Crippen MR) is 90.6 cm³/mol. The number of thiazole rings is 1. The van der Waals surface area contributed by atoms with Crippen molar-refractivity contribution in [2.75, 3.05) is 5.73 Å². The van der Waals surface area contributed by atoms with Crippen LogP contribution in [0.1, 0.15) is 11.3 Å². The van der Waals surface area contributed by atoms with Gasteiger partial charge in [-0.1, -0.05) is 0 Å². The van der Waals surface area contributed by atoms with Crippen LogP contribution >= 0.6 is 34.4 Å². The Bertz CT molecular complexity index is 702. The first-order valence-electron chi connectivity index (χ1n) is 6.18. The molecular formula is C15H14N2S3. The van der Waals surface area contributed by atoms with Crippen molar-refractivity contribution in [3.8, 4) is 10.6 Å². The Morgan fingerprint density at radius 3 is 2.90 bits per heavy atom. The molecule has 0 aliphatic carbocycles. The molecule has 2 N–H and O–H groups in total. The SMILES string of the molecule is Cc1cc(N)ccc1SCc1csc(-c2ccsc2)n1. The summed E-state index contributed by atoms with van der Waals surface area (Å²) in [7, 11) is 0. The summed E-state index contributed by atoms with van der Waals surface area (Å²) in [5.41, 5.74) is 10.2. The topological polar surface area (TPSA) is 38.9 Å². The molecule has 20 heavy (non-hydrogen) atoms. The molecule has 0 aliphatic heterocycles. The molecule has 102 valence electrons. The molecule has 0 saturated heterocycles. The van der Waals surface area contributed by atoms with E-state index in [1.54, 1.807) is 22.7 Å². The molecule has 0 fully saturated rings. The van der Waals surface area contributed by atoms with Crippen molar-refractivity contribution in [1.82, 2.24) is 4.98 Å². The quantitative estimate of drug-likeness (QED) is 0.540. The van der Waals surface area contributed by atoms with Crippen molar-refractivity contribution in [2.45, 2.75) is 17.6 Å². The predicted octanol–water partition coefficient (Wildman–Crippen LogP) is 5.05. The minimum Gasteiger partial charge on any atom is -0.399 e. The number of benzene rings is 1. The highest BCUT2D eigenvalue weighted by Gasteiger charge is 2.06. The first-order valence-corrected chi connectivity index (χ1v) is 8.99. The summed E-state index contributed by atoms with van der Waals surface area (Å²) in [5, 5.41) is 7.48. The average molecular weight is 318 g/mol. The van der Waals surface area contributed by atoms with E-state index < -0.39 is 0 Å². The second-order valence-electron chi connectivity index (χ2n) is 4.47. The van der Waals surface area contributed by atoms with E-state index in [4.69, 9.17) is 10.7 Å². The minimum absolute atomic E-state index is 0.820. The smallest absolute Gasteiger partial charge is 0.124 e. The number of nitrogens with zero attached hydrogens (tertiary/aromatic N) is 1. The van der Waals surface area contributed by atoms with E-state index in [-0.39, 0.29) is 0 Å². The van der Waals surface area contributed by atoms with Gasteiger partial charge in [-0.2, -0.15) is 11.3 Å². The Morgan fingerprint density at radius 1 is 1.25 bits per heavy atom. The van der Waals surface area contributed by atoms with Crippen molar-refractivity contribution in [3.63, 3.8) is 0 Å². The number of rotatable bonds is 4. The summed E-state index contributed by atoms with van der Waals surface area (Å²) >= 11 is 5.23. The molecule has 1 aromatic carbocycles. The Labute approximate surface area is 130 Å². The lowest BCUT2D eigenvalue weighted by molar-refractivity contribution is 1.22. The van der Waals surface area contributed by atoms with Crippen molar-refractivity contribution in [1.29, 1.82) is 0 Å². The molecule has 0 saturated carbocycles. The zero-order chi connectivity index (χ0) is 13.9. The summed E-state index contributed by atoms with van der Waals surface area (Å²) < 4.78 is 0. The van der Waals surface area contributed by atoms with Gasteiger partial charge in [-0.05, 0) is 42.1 Å². The lowest BCUT2D eigenvalue weighted by atomic mass is 10.2. The molecule has 0 spiro atoms. The van der Waals surface area contributed by atoms with E-state index in [1.807, 2.05) is 23.9 Å². The average Bonchev–Trinajstić information content (AvgIpc) is 3.08. The third kappa shape index (κ3) is 3.06. The summed E-state index contributed by atoms with van der Waals surface area (Å²) in [6, 6.07) is 8.17. The lowest BCUT2D eigenvalue weighted by Crippen LogP contribution is -1.88. The molecule has 0 atom stereocenters. The van der Waals surface area contributed by atoms with Crippen molar-refractivity contribution >= 4 is 40.1 Å². The van der Waals surface area contributed by atoms with Crippen LogP contribution in [0.25, 0.3) is 10.6 Å². The van der Waals surface area contributed by atoms with Crippen LogP contribution in [0, 0.1) is 6.92 Å². The van der Waals surface area contributed by atoms with Crippen molar-refractivity contribution < 1.29 is 0 Å². The van der Waals surface area contributed by atoms with Gasteiger partial charge in [0, 0.05) is 32.7 Å². The molecule has 3 aromatic rings. The van der Waals surface area contributed by atoms with Gasteiger partial charge in [-0.3, -0.25) is 0 Å². The molecule has 5 heteroatoms. The summed E-state index contributed by atoms with van der Waals surface area (Å²) in [6.07, 6.45) is 0. The number of thioether (sulfide) groups is 1. The normalized spacial score (nSPS) is 10.8. The Hall–Kier alpha value is -1.30. The maximum absolute atomic E-state index is 5.77. The number of thiophene rings is 1. The van der Waals surface area contributed by atoms with Gasteiger partial charge in [0.15, 0.2) is 0 Å². The zero-order valence-electron chi connectivity index (χ0n) is 11.0. The molecule has 0 amide bonds. The van der Waals surface area contributed by atoms with Crippen LogP contribution < -0.4 is 5.73 Å². The summed E-state index contributed by atoms with van der Waals surface area (Å²) in [6.45, 7) is 2.09. The number of anilines is 1. The van der Waals surface area contributed by atoms with Gasteiger partial charge in [0.2, 0.25) is 0 Å². The number of nitrogen functional groups attached to an aromatic ring is 1. The third-order valence-corrected chi connectivity index (χ3v) is 5.73. The maximum Gasteiger partial charge on any atom is 0.124 e. The molecule has 0 aliphatic rings. The van der Waals surface area contributed by atoms with Gasteiger partial charge in [0.25, 0.3) is 0 Å². The molecule has 2 aromatic heterocycles. The largest absolute Gasteiger partial charge is 0.399 e. The standard InChI is InChI=1S/C15H14N2S3/c1-10-6-12(16)2-3-14(10)19-8-13-9-20-15(17-13)11-4-5-18-7-11/h2-7,9H,8,16H2,1H3. The molecular weight excluding hydrogens is 304 g/mol. The second-order valence-corrected chi connectivity index (χ2v) is 7.12. The highest BCUT2D eigenvalue weighted by molar-refractivity contribution is 7.98. The maximum atomic E-state index is 5.77. The van der Waals surface area contributed by atoms with Crippen LogP contribution in [-0.4, -0.2) is 4.98 Å². The van der Waals surface area contributed by atoms with Gasteiger partial charge < -0.3 is 5.73 Å². The number of nitrogens with two attached hydrogens (primary N) is 1. The van der Waals surface area contributed by atoms with E-state index in [1.165, 1.54) is 16.0 Å². The van der Waals surface area contributed by atoms with Gasteiger partial charge in [0.05, 0.1) is 5.69 Å². The highest BCUT2D eigenvalue weighted by Crippen LogP contribution is 2.30. The molecule has 3 rings (SSSR count). The molecule has 2 nitrogen and oxygen atoms in total. The molecule has 0 radical (unpaired) electrons. The van der Waals surface area contributed by atoms with Crippen LogP contribution in [0.15, 0.2) is 45.3 Å². The Morgan fingerprint density at radius 2 is 2.15 bits per heavy atom. The van der Waals surface area contributed by atoms with E-state index in [9.17, 15) is 0 Å². The first-order chi connectivity index (χ1) is 9.72. The van der Waals surface area contributed by atoms with Crippen LogP contribution in [0.3, 0.4) is 0 Å². The third-order valence-electron chi connectivity index (χ3n) is 2.89. The van der Waals surface area contributed by atoms with Gasteiger partial charge in [-0.15, -0.1) is 23.1 Å². The van der Waals surface area contributed by atoms with Gasteiger partial charge in [-0.25, -0.2) is 4.98 Å². The monoisotopic (exact) mass is 318 g/mol. The molecule has 0 unspecified atom stereocenters. The van der Waals surface area contributed by atoms with Crippen LogP contribution in [0.4, 0.5) is 5.69 Å². The van der Waals surface area contributed by atoms with E-state index >= 15 is 0 Å². The zero-order valence-corrected chi connectivity index (χ0v) is 13.4. The van der Waals surface area contributed by atoms with Crippen LogP contribution in [0.5, 0.6) is 0 Å². The van der Waals surface area contributed by atoms with E-state index in [0.717, 1.165) is 22.1 Å². The fourth-order valence-corrected chi connectivity index (χ4v) is 4.42. The van der Waals surface area contributed by atoms with E-state index in [2.05, 4.69) is 35.2 Å². The van der Waals surface area contributed by atoms with Crippen LogP contribution in [-0.2, 0) is 5.75 Å². The molecule has 0 bridgehead atoms. The summed E-state index contributed by atoms with van der Waals surface area (Å²) in [4.78, 5) is 5.96. The minimum atomic E-state index is 0.820. The van der Waals surface area contributed by atoms with Gasteiger partial charge in [0.1, 0.15) is 5.01 Å². The van der Waals surface area contributed by atoms with Gasteiger partial charge >= 0.3 is 0 Å². The Kier molecular flexibility index (Phi) is 4.10. The summed E-state index contributed by atoms with van der Waals surface area (Å²) in [5.74, 6) is 0.894. The van der Waals surface area contributed by atoms with Crippen molar-refractivity contribution in [3.05, 3.63) is 51.7 Å². The number of hydrogen-bond donors (Lipinski definition) is 1. The highest BCUT2D eigenvalue weighted by atomic mass is 32.2. The number of hydrogen-bond acceptors (Lipinski definition) is 5.